The second kappa shape index (κ2) is 4.95. The fourth-order valence-electron chi connectivity index (χ4n) is 0.886. The van der Waals surface area contributed by atoms with E-state index in [1.54, 1.807) is 0 Å². The minimum atomic E-state index is -7.86. The van der Waals surface area contributed by atoms with Crippen molar-refractivity contribution < 1.29 is 57.1 Å². The topological polar surface area (TPSA) is 0 Å². The van der Waals surface area contributed by atoms with Crippen LogP contribution in [0.2, 0.25) is 0 Å². The fourth-order valence-corrected chi connectivity index (χ4v) is 1.05. The lowest BCUT2D eigenvalue weighted by molar-refractivity contribution is -0.438. The van der Waals surface area contributed by atoms with Crippen LogP contribution in [0.1, 0.15) is 0 Å². The number of hydrogen-bond donors (Lipinski definition) is 0. The summed E-state index contributed by atoms with van der Waals surface area (Å²) in [5.74, 6) is -39.5. The molecule has 0 atom stereocenters. The van der Waals surface area contributed by atoms with Crippen molar-refractivity contribution in [2.45, 2.75) is 35.8 Å². The van der Waals surface area contributed by atoms with Gasteiger partial charge in [-0.05, 0) is 0 Å². The fraction of sp³-hybridized carbons (Fsp3) is 1.00. The first-order valence-corrected chi connectivity index (χ1v) is 4.86. The molecule has 0 spiro atoms. The van der Waals surface area contributed by atoms with E-state index in [4.69, 9.17) is 0 Å². The van der Waals surface area contributed by atoms with Gasteiger partial charge in [0.15, 0.2) is 0 Å². The minimum Gasteiger partial charge on any atom is -0.198 e. The molecule has 14 heteroatoms. The largest absolute Gasteiger partial charge is 0.460 e. The Morgan fingerprint density at radius 2 is 0.762 bits per heavy atom. The Morgan fingerprint density at radius 1 is 0.476 bits per heavy atom. The van der Waals surface area contributed by atoms with Crippen LogP contribution in [-0.4, -0.2) is 41.7 Å². The van der Waals surface area contributed by atoms with Crippen molar-refractivity contribution in [1.29, 1.82) is 0 Å². The summed E-state index contributed by atoms with van der Waals surface area (Å²) in [6.07, 6.45) is -7.40. The van der Waals surface area contributed by atoms with Gasteiger partial charge in [0.1, 0.15) is 0 Å². The van der Waals surface area contributed by atoms with E-state index in [2.05, 4.69) is 11.6 Å². The van der Waals surface area contributed by atoms with Crippen molar-refractivity contribution >= 4 is 11.6 Å². The van der Waals surface area contributed by atoms with E-state index < -0.39 is 41.7 Å². The van der Waals surface area contributed by atoms with Crippen molar-refractivity contribution in [2.75, 3.05) is 5.88 Å². The molecule has 0 saturated carbocycles. The number of halogens is 14. The molecule has 0 aromatic carbocycles. The zero-order valence-corrected chi connectivity index (χ0v) is 9.75. The van der Waals surface area contributed by atoms with Gasteiger partial charge < -0.3 is 0 Å². The molecule has 0 aromatic rings. The van der Waals surface area contributed by atoms with Crippen molar-refractivity contribution in [1.82, 2.24) is 0 Å². The van der Waals surface area contributed by atoms with Crippen LogP contribution in [0.5, 0.6) is 0 Å². The number of alkyl halides is 14. The average Bonchev–Trinajstić information content (AvgIpc) is 2.26. The zero-order chi connectivity index (χ0) is 17.7. The average molecular weight is 369 g/mol. The molecular weight excluding hydrogens is 367 g/mol. The summed E-state index contributed by atoms with van der Waals surface area (Å²) >= 11 is 4.12. The van der Waals surface area contributed by atoms with Gasteiger partial charge in [0.2, 0.25) is 0 Å². The van der Waals surface area contributed by atoms with E-state index in [1.807, 2.05) is 0 Å². The molecule has 0 aliphatic heterocycles. The lowest BCUT2D eigenvalue weighted by Crippen LogP contribution is -2.70. The van der Waals surface area contributed by atoms with Crippen LogP contribution in [0.25, 0.3) is 0 Å². The second-order valence-electron chi connectivity index (χ2n) is 3.63. The molecule has 0 saturated heterocycles. The molecule has 0 heterocycles. The van der Waals surface area contributed by atoms with Crippen LogP contribution >= 0.6 is 11.6 Å². The molecule has 21 heavy (non-hydrogen) atoms. The quantitative estimate of drug-likeness (QED) is 0.475. The maximum Gasteiger partial charge on any atom is 0.460 e. The lowest BCUT2D eigenvalue weighted by atomic mass is 9.94. The molecule has 0 bridgehead atoms. The van der Waals surface area contributed by atoms with Crippen LogP contribution in [0.3, 0.4) is 0 Å². The lowest BCUT2D eigenvalue weighted by Gasteiger charge is -2.39. The Morgan fingerprint density at radius 3 is 1.00 bits per heavy atom. The first-order chi connectivity index (χ1) is 8.81. The smallest absolute Gasteiger partial charge is 0.198 e. The molecular formula is C7H2ClF13. The second-order valence-corrected chi connectivity index (χ2v) is 3.90. The highest BCUT2D eigenvalue weighted by molar-refractivity contribution is 6.18. The van der Waals surface area contributed by atoms with E-state index in [0.29, 0.717) is 0 Å². The zero-order valence-electron chi connectivity index (χ0n) is 9.00. The Hall–Kier alpha value is -0.620. The van der Waals surface area contributed by atoms with Crippen LogP contribution < -0.4 is 0 Å². The van der Waals surface area contributed by atoms with E-state index >= 15 is 0 Å². The van der Waals surface area contributed by atoms with E-state index in [-0.39, 0.29) is 0 Å². The molecule has 0 unspecified atom stereocenters. The third-order valence-corrected chi connectivity index (χ3v) is 2.50. The van der Waals surface area contributed by atoms with Crippen LogP contribution in [0, 0.1) is 0 Å². The molecule has 0 aliphatic carbocycles. The monoisotopic (exact) mass is 368 g/mol. The van der Waals surface area contributed by atoms with Crippen LogP contribution in [0.4, 0.5) is 57.1 Å². The summed E-state index contributed by atoms with van der Waals surface area (Å²) in [5, 5.41) is 0. The molecule has 0 amide bonds. The van der Waals surface area contributed by atoms with Crippen LogP contribution in [-0.2, 0) is 0 Å². The first-order valence-electron chi connectivity index (χ1n) is 4.33. The Balaban J connectivity index is 6.14. The van der Waals surface area contributed by atoms with Gasteiger partial charge in [-0.2, -0.15) is 57.1 Å². The van der Waals surface area contributed by atoms with Gasteiger partial charge in [-0.15, -0.1) is 11.6 Å². The predicted octanol–water partition coefficient (Wildman–Crippen LogP) is 4.96. The Bertz CT molecular complexity index is 380. The van der Waals surface area contributed by atoms with Gasteiger partial charge in [-0.25, -0.2) is 0 Å². The SMILES string of the molecule is FC(F)(F)C(F)(F)C(F)(F)C(F)(F)C(F)(F)C(F)(F)CCl. The highest BCUT2D eigenvalue weighted by Gasteiger charge is 2.90. The van der Waals surface area contributed by atoms with Gasteiger partial charge in [0, 0.05) is 0 Å². The standard InChI is InChI=1S/C7H2ClF13/c8-1-2(9,10)3(11,12)4(13,14)5(15,16)6(17,18)7(19,20)21/h1H2. The summed E-state index contributed by atoms with van der Waals surface area (Å²) in [7, 11) is 0. The summed E-state index contributed by atoms with van der Waals surface area (Å²) < 4.78 is 160. The van der Waals surface area contributed by atoms with Gasteiger partial charge >= 0.3 is 35.8 Å². The van der Waals surface area contributed by atoms with Gasteiger partial charge in [-0.3, -0.25) is 0 Å². The van der Waals surface area contributed by atoms with E-state index in [9.17, 15) is 57.1 Å². The molecule has 128 valence electrons. The summed E-state index contributed by atoms with van der Waals surface area (Å²) in [6.45, 7) is 0. The number of rotatable bonds is 5. The third kappa shape index (κ3) is 2.61. The maximum atomic E-state index is 12.7. The summed E-state index contributed by atoms with van der Waals surface area (Å²) in [6, 6.07) is 0. The van der Waals surface area contributed by atoms with Crippen molar-refractivity contribution in [2.24, 2.45) is 0 Å². The third-order valence-electron chi connectivity index (χ3n) is 2.17. The normalized spacial score (nSPS) is 16.3. The van der Waals surface area contributed by atoms with E-state index in [0.717, 1.165) is 0 Å². The maximum absolute atomic E-state index is 12.7. The molecule has 0 rings (SSSR count). The Kier molecular flexibility index (Phi) is 4.80. The molecule has 0 aliphatic rings. The molecule has 0 N–H and O–H groups in total. The summed E-state index contributed by atoms with van der Waals surface area (Å²) in [4.78, 5) is 0. The van der Waals surface area contributed by atoms with Gasteiger partial charge in [0.05, 0.1) is 5.88 Å². The molecule has 0 aromatic heterocycles. The summed E-state index contributed by atoms with van der Waals surface area (Å²) in [5.41, 5.74) is 0. The van der Waals surface area contributed by atoms with E-state index in [1.165, 1.54) is 0 Å². The van der Waals surface area contributed by atoms with Gasteiger partial charge in [0.25, 0.3) is 0 Å². The molecule has 0 fully saturated rings. The molecule has 0 radical (unpaired) electrons. The number of hydrogen-bond acceptors (Lipinski definition) is 0. The Labute approximate surface area is 111 Å². The molecule has 0 nitrogen and oxygen atoms in total. The first kappa shape index (κ1) is 20.4. The highest BCUT2D eigenvalue weighted by atomic mass is 35.5. The van der Waals surface area contributed by atoms with Crippen LogP contribution in [0.15, 0.2) is 0 Å². The van der Waals surface area contributed by atoms with Crippen molar-refractivity contribution in [3.05, 3.63) is 0 Å². The highest BCUT2D eigenvalue weighted by Crippen LogP contribution is 2.60. The van der Waals surface area contributed by atoms with Gasteiger partial charge in [-0.1, -0.05) is 0 Å². The predicted molar refractivity (Wildman–Crippen MR) is 41.5 cm³/mol. The van der Waals surface area contributed by atoms with Crippen molar-refractivity contribution in [3.8, 4) is 0 Å². The van der Waals surface area contributed by atoms with Crippen molar-refractivity contribution in [3.63, 3.8) is 0 Å². The minimum absolute atomic E-state index is 2.73.